The second kappa shape index (κ2) is 44.3. The highest BCUT2D eigenvalue weighted by Gasteiger charge is 2.63. The van der Waals surface area contributed by atoms with E-state index < -0.39 is 197 Å². The third-order valence-electron chi connectivity index (χ3n) is 19.7. The molecule has 4 aliphatic heterocycles. The Labute approximate surface area is 732 Å². The van der Waals surface area contributed by atoms with E-state index in [1.54, 1.807) is 0 Å². The maximum absolute atomic E-state index is 15.1. The molecule has 712 valence electrons. The van der Waals surface area contributed by atoms with Gasteiger partial charge in [-0.15, -0.1) is 0 Å². The Bertz CT molecular complexity index is 5100. The van der Waals surface area contributed by atoms with Gasteiger partial charge in [0.05, 0.1) is 66.1 Å². The van der Waals surface area contributed by atoms with Gasteiger partial charge < -0.3 is 65.8 Å². The van der Waals surface area contributed by atoms with Crippen molar-refractivity contribution in [3.05, 3.63) is 190 Å². The molecule has 0 radical (unpaired) electrons. The van der Waals surface area contributed by atoms with E-state index in [0.717, 1.165) is 55.1 Å². The summed E-state index contributed by atoms with van der Waals surface area (Å²) in [5, 5.41) is 71.4. The molecule has 12 N–H and O–H groups in total. The number of nitrogens with zero attached hydrogens (tertiary/aromatic N) is 9. The number of nitro benzene ring substituents is 3. The summed E-state index contributed by atoms with van der Waals surface area (Å²) in [6.45, 7) is 16.7. The molecule has 9 unspecified atom stereocenters. The zero-order chi connectivity index (χ0) is 95.8. The van der Waals surface area contributed by atoms with Crippen LogP contribution in [0.1, 0.15) is 162 Å². The molecular weight excluding hydrogens is 1790 g/mol. The number of non-ortho nitro benzene ring substituents is 3. The van der Waals surface area contributed by atoms with Crippen molar-refractivity contribution in [2.45, 2.75) is 230 Å². The minimum atomic E-state index is -4.59. The summed E-state index contributed by atoms with van der Waals surface area (Å²) in [6.07, 6.45) is -12.9. The Morgan fingerprint density at radius 1 is 0.566 bits per heavy atom. The average molecular weight is 1900 g/mol. The highest BCUT2D eigenvalue weighted by Crippen LogP contribution is 2.55. The van der Waals surface area contributed by atoms with Crippen molar-refractivity contribution in [1.29, 1.82) is 0 Å². The van der Waals surface area contributed by atoms with Crippen molar-refractivity contribution < 1.29 is 140 Å². The molecule has 18 atom stereocenters. The Morgan fingerprint density at radius 2 is 0.907 bits per heavy atom. The lowest BCUT2D eigenvalue weighted by Gasteiger charge is -2.31. The van der Waals surface area contributed by atoms with Crippen LogP contribution in [0, 0.1) is 35.8 Å². The number of nitro groups is 3. The molecule has 6 heterocycles. The minimum absolute atomic E-state index is 0.0288. The summed E-state index contributed by atoms with van der Waals surface area (Å²) < 4.78 is 198. The summed E-state index contributed by atoms with van der Waals surface area (Å²) >= 11 is 0. The number of nitrogens with one attached hydrogen (secondary N) is 3. The molecule has 2 aromatic heterocycles. The third-order valence-corrected chi connectivity index (χ3v) is 25.1. The molecule has 0 bridgehead atoms. The first-order valence-corrected chi connectivity index (χ1v) is 44.6. The van der Waals surface area contributed by atoms with Crippen molar-refractivity contribution in [3.8, 4) is 0 Å². The Balaban J connectivity index is 0.000000239. The molecule has 5 aromatic rings. The number of halogens is 6. The van der Waals surface area contributed by atoms with Crippen LogP contribution in [0.25, 0.3) is 0 Å². The monoisotopic (exact) mass is 1900 g/mol. The fourth-order valence-electron chi connectivity index (χ4n) is 12.6. The molecule has 1 saturated carbocycles. The smallest absolute Gasteiger partial charge is 0.406 e. The quantitative estimate of drug-likeness (QED) is 0.00337. The van der Waals surface area contributed by atoms with E-state index in [1.165, 1.54) is 127 Å². The van der Waals surface area contributed by atoms with Crippen molar-refractivity contribution in [1.82, 2.24) is 39.3 Å². The Hall–Kier alpha value is -9.95. The van der Waals surface area contributed by atoms with Crippen LogP contribution in [0.3, 0.4) is 0 Å². The van der Waals surface area contributed by atoms with Crippen LogP contribution in [-0.4, -0.2) is 196 Å². The lowest BCUT2D eigenvalue weighted by atomic mass is 9.98. The number of aliphatic imine (C=N–C) groups is 1. The lowest BCUT2D eigenvalue weighted by Crippen LogP contribution is -2.47. The molecule has 0 amide bonds. The number of ether oxygens (including phenoxy) is 6. The van der Waals surface area contributed by atoms with Crippen LogP contribution >= 0.6 is 23.2 Å². The number of aliphatic hydroxyl groups is 3. The number of amidine groups is 1. The zero-order valence-electron chi connectivity index (χ0n) is 71.1. The van der Waals surface area contributed by atoms with Gasteiger partial charge in [-0.25, -0.2) is 43.5 Å². The first-order valence-electron chi connectivity index (χ1n) is 39.9. The number of hydrogen-bond acceptors (Lipinski definition) is 36. The number of hydrogen-bond donors (Lipinski definition) is 9. The summed E-state index contributed by atoms with van der Waals surface area (Å²) in [7, 11) is -13.7. The number of esters is 3. The predicted octanol–water partition coefficient (Wildman–Crippen LogP) is 9.98. The Morgan fingerprint density at radius 3 is 1.24 bits per heavy atom. The van der Waals surface area contributed by atoms with Gasteiger partial charge >= 0.3 is 70.3 Å². The Kier molecular flexibility index (Phi) is 35.9. The van der Waals surface area contributed by atoms with Crippen molar-refractivity contribution >= 4 is 75.7 Å². The maximum atomic E-state index is 15.1. The van der Waals surface area contributed by atoms with Crippen LogP contribution in [0.4, 0.5) is 55.0 Å². The number of aromatic nitrogens is 4. The van der Waals surface area contributed by atoms with Gasteiger partial charge in [0.25, 0.3) is 17.1 Å². The number of nitrogens with two attached hydrogens (primary N) is 3. The highest BCUT2D eigenvalue weighted by atomic mass is 31.2. The standard InChI is InChI=1S/C27H36F2N5O9P.C25H34F2N5O10P.C24H32F2N5O10P/c1-16(25(36)41-21-7-5-4-6-8-21)32-44(39,43-17(2)19-9-11-20(12-10-19)34(37)38)40-15-22-24(35)27(28,29)26(42-22)33-14-13-23(30)31-18(33)3;1-14(21(34)39-13-24(3,4)5)30-43(38,42-15(2)16-6-8-17(9-7-16)32(36)37)40-12-18-20(33)25(26,27)22(41-18)31-11-10-19(28)29-23(31)35;1-4-5-12-38-21(33)14(2)29-42(37,41-15(3)16-6-8-17(9-7-16)31(35)36)39-13-18-20(32)24(25,26)22(40-18)30-11-10-19(27)28-23(30)34/h9-14,16-17,21-22,24,26,35H,3-8,15H2,1-2H3,(H2,30,31)(H,32,39);6-11,14-15,18,20,22,33H,12-13H2,1-5H3,(H,30,38)(H2,28,29,35);6-11,14-15,18,20,22,32H,4-5,12-13H2,1-3H3,(H,29,37)(H2,27,28,34)/t16-,17?,22+,24?,26+,44?;14-,15?,18+,20?,22+,43?;14-,15?,18+,20?,22+,42?/m000/s1. The third kappa shape index (κ3) is 28.1. The number of nitrogen functional groups attached to an aromatic ring is 2. The summed E-state index contributed by atoms with van der Waals surface area (Å²) in [6, 6.07) is 13.8. The first kappa shape index (κ1) is 104. The van der Waals surface area contributed by atoms with Crippen molar-refractivity contribution in [2.75, 3.05) is 44.5 Å². The number of alkyl halides is 6. The van der Waals surface area contributed by atoms with Gasteiger partial charge in [-0.05, 0) is 150 Å². The van der Waals surface area contributed by atoms with E-state index in [2.05, 4.69) is 36.8 Å². The second-order valence-electron chi connectivity index (χ2n) is 31.3. The van der Waals surface area contributed by atoms with Crippen molar-refractivity contribution in [2.24, 2.45) is 16.1 Å². The largest absolute Gasteiger partial charge is 0.465 e. The average Bonchev–Trinajstić information content (AvgIpc) is 1.62. The molecule has 1 aliphatic carbocycles. The van der Waals surface area contributed by atoms with Gasteiger partial charge in [0.1, 0.15) is 65.8 Å². The summed E-state index contributed by atoms with van der Waals surface area (Å²) in [5.41, 5.74) is 14.2. The molecular formula is C76H102F6N15O29P3. The molecule has 3 aromatic carbocycles. The first-order chi connectivity index (χ1) is 60.2. The van der Waals surface area contributed by atoms with Crippen LogP contribution < -0.4 is 43.8 Å². The second-order valence-corrected chi connectivity index (χ2v) is 36.5. The van der Waals surface area contributed by atoms with Gasteiger partial charge in [0, 0.05) is 55.0 Å². The highest BCUT2D eigenvalue weighted by molar-refractivity contribution is 7.52. The van der Waals surface area contributed by atoms with Crippen molar-refractivity contribution in [3.63, 3.8) is 0 Å². The van der Waals surface area contributed by atoms with E-state index in [4.69, 9.17) is 72.8 Å². The predicted molar refractivity (Wildman–Crippen MR) is 442 cm³/mol. The molecule has 44 nitrogen and oxygen atoms in total. The fraction of sp³-hybridized carbons (Fsp3) is 0.553. The number of aliphatic hydroxyl groups excluding tert-OH is 3. The van der Waals surface area contributed by atoms with Gasteiger partial charge in [0.2, 0.25) is 18.7 Å². The van der Waals surface area contributed by atoms with E-state index in [9.17, 15) is 101 Å². The number of rotatable bonds is 38. The van der Waals surface area contributed by atoms with Gasteiger partial charge in [-0.2, -0.15) is 36.3 Å². The summed E-state index contributed by atoms with van der Waals surface area (Å²) in [4.78, 5) is 105. The topological polar surface area (TPSA) is 603 Å². The molecule has 4 fully saturated rings. The van der Waals surface area contributed by atoms with Gasteiger partial charge in [-0.1, -0.05) is 47.1 Å². The maximum Gasteiger partial charge on any atom is 0.406 e. The normalized spacial score (nSPS) is 24.0. The molecule has 3 saturated heterocycles. The van der Waals surface area contributed by atoms with E-state index in [-0.39, 0.29) is 65.1 Å². The molecule has 10 rings (SSSR count). The molecule has 5 aliphatic rings. The SMILES string of the molecule is C=C1N=C(N)C=CN1[C@@H]1O[C@H](COP(=O)(N[C@@H](C)C(=O)OC2CCCCC2)OC(C)c2ccc([N+](=O)[O-])cc2)C(O)C1(F)F.CC(OP(=O)(N[C@@H](C)C(=O)OCC(C)(C)C)OC[C@H]1O[C@@H](n2ccc(N)nc2=O)C(F)(F)C1O)c1ccc([N+](=O)[O-])cc1.CCCCOC(=O)[C@H](C)NP(=O)(OC[C@H]1O[C@@H](n2ccc(N)nc2=O)C(F)(F)C1O)OC(C)c1ccc([N+](=O)[O-])cc1. The number of carbonyl (C=O) groups is 3. The van der Waals surface area contributed by atoms with Crippen LogP contribution in [0.15, 0.2) is 137 Å². The fourth-order valence-corrected chi connectivity index (χ4v) is 17.6. The minimum Gasteiger partial charge on any atom is -0.465 e. The van der Waals surface area contributed by atoms with Crippen LogP contribution in [-0.2, 0) is 83.6 Å². The molecule has 53 heteroatoms. The number of unbranched alkanes of at least 4 members (excludes halogenated alkanes) is 1. The number of carbonyl (C=O) groups excluding carboxylic acids is 3. The van der Waals surface area contributed by atoms with E-state index in [0.29, 0.717) is 45.1 Å². The zero-order valence-corrected chi connectivity index (χ0v) is 73.8. The lowest BCUT2D eigenvalue weighted by molar-refractivity contribution is -0.385. The van der Waals surface area contributed by atoms with Crippen LogP contribution in [0.2, 0.25) is 0 Å². The van der Waals surface area contributed by atoms with E-state index >= 15 is 8.78 Å². The summed E-state index contributed by atoms with van der Waals surface area (Å²) in [5.74, 6) is -14.7. The van der Waals surface area contributed by atoms with E-state index in [1.807, 2.05) is 27.7 Å². The number of benzene rings is 3. The molecule has 0 spiro atoms. The number of anilines is 2. The molecule has 129 heavy (non-hydrogen) atoms. The van der Waals surface area contributed by atoms with Gasteiger partial charge in [-0.3, -0.25) is 81.0 Å². The van der Waals surface area contributed by atoms with Crippen LogP contribution in [0.5, 0.6) is 0 Å². The van der Waals surface area contributed by atoms with Gasteiger partial charge in [0.15, 0.2) is 18.3 Å².